The fourth-order valence-corrected chi connectivity index (χ4v) is 2.50. The summed E-state index contributed by atoms with van der Waals surface area (Å²) in [5, 5.41) is 12.8. The normalized spacial score (nSPS) is 17.7. The zero-order valence-corrected chi connectivity index (χ0v) is 10.5. The van der Waals surface area contributed by atoms with E-state index in [1.165, 1.54) is 0 Å². The van der Waals surface area contributed by atoms with Crippen LogP contribution in [0, 0.1) is 5.92 Å². The first-order chi connectivity index (χ1) is 9.24. The van der Waals surface area contributed by atoms with Gasteiger partial charge in [-0.25, -0.2) is 0 Å². The molecule has 1 heterocycles. The predicted molar refractivity (Wildman–Crippen MR) is 74.6 cm³/mol. The summed E-state index contributed by atoms with van der Waals surface area (Å²) in [5.74, 6) is 0.166. The molecule has 0 fully saturated rings. The van der Waals surface area contributed by atoms with E-state index in [4.69, 9.17) is 0 Å². The lowest BCUT2D eigenvalue weighted by Gasteiger charge is -2.25. The van der Waals surface area contributed by atoms with Crippen molar-refractivity contribution in [1.82, 2.24) is 0 Å². The Morgan fingerprint density at radius 2 is 1.95 bits per heavy atom. The number of fused-ring (bicyclic) bond motifs is 1. The van der Waals surface area contributed by atoms with Gasteiger partial charge in [-0.15, -0.1) is 0 Å². The molecule has 3 nitrogen and oxygen atoms in total. The predicted octanol–water partition coefficient (Wildman–Crippen LogP) is 2.86. The molecule has 2 aromatic carbocycles. The van der Waals surface area contributed by atoms with Crippen molar-refractivity contribution < 1.29 is 9.90 Å². The average Bonchev–Trinajstić information content (AvgIpc) is 2.44. The molecule has 3 heteroatoms. The molecule has 0 spiro atoms. The maximum absolute atomic E-state index is 12.4. The molecule has 0 amide bonds. The van der Waals surface area contributed by atoms with Gasteiger partial charge in [0, 0.05) is 23.7 Å². The van der Waals surface area contributed by atoms with Crippen LogP contribution in [0.5, 0.6) is 5.75 Å². The average molecular weight is 253 g/mol. The van der Waals surface area contributed by atoms with Gasteiger partial charge in [-0.3, -0.25) is 4.79 Å². The summed E-state index contributed by atoms with van der Waals surface area (Å²) in [6, 6.07) is 14.9. The number of phenols is 1. The number of anilines is 1. The van der Waals surface area contributed by atoms with Crippen molar-refractivity contribution in [2.24, 2.45) is 5.92 Å². The minimum Gasteiger partial charge on any atom is -0.508 e. The number of rotatable bonds is 2. The van der Waals surface area contributed by atoms with Crippen LogP contribution >= 0.6 is 0 Å². The molecular weight excluding hydrogens is 238 g/mol. The van der Waals surface area contributed by atoms with Crippen LogP contribution < -0.4 is 5.32 Å². The van der Waals surface area contributed by atoms with Gasteiger partial charge in [-0.05, 0) is 30.2 Å². The summed E-state index contributed by atoms with van der Waals surface area (Å²) < 4.78 is 0. The monoisotopic (exact) mass is 253 g/mol. The summed E-state index contributed by atoms with van der Waals surface area (Å²) in [6.45, 7) is 0.644. The highest BCUT2D eigenvalue weighted by atomic mass is 16.3. The summed E-state index contributed by atoms with van der Waals surface area (Å²) in [7, 11) is 0. The van der Waals surface area contributed by atoms with Crippen molar-refractivity contribution in [2.75, 3.05) is 11.9 Å². The SMILES string of the molecule is O=C1c2cc(O)ccc2NCC1Cc1ccccc1. The Balaban J connectivity index is 1.85. The van der Waals surface area contributed by atoms with Gasteiger partial charge >= 0.3 is 0 Å². The van der Waals surface area contributed by atoms with Crippen LogP contribution in [0.4, 0.5) is 5.69 Å². The minimum atomic E-state index is -0.0725. The number of aromatic hydroxyl groups is 1. The van der Waals surface area contributed by atoms with E-state index < -0.39 is 0 Å². The molecule has 3 rings (SSSR count). The fourth-order valence-electron chi connectivity index (χ4n) is 2.50. The number of carbonyl (C=O) groups excluding carboxylic acids is 1. The molecular formula is C16H15NO2. The number of ketones is 1. The number of Topliss-reactive ketones (excluding diaryl/α,β-unsaturated/α-hetero) is 1. The number of benzene rings is 2. The number of carbonyl (C=O) groups is 1. The van der Waals surface area contributed by atoms with Crippen LogP contribution in [0.15, 0.2) is 48.5 Å². The van der Waals surface area contributed by atoms with Gasteiger partial charge in [-0.1, -0.05) is 30.3 Å². The van der Waals surface area contributed by atoms with Crippen molar-refractivity contribution in [1.29, 1.82) is 0 Å². The topological polar surface area (TPSA) is 49.3 Å². The Morgan fingerprint density at radius 3 is 2.74 bits per heavy atom. The van der Waals surface area contributed by atoms with Crippen molar-refractivity contribution in [2.45, 2.75) is 6.42 Å². The Morgan fingerprint density at radius 1 is 1.16 bits per heavy atom. The van der Waals surface area contributed by atoms with Crippen LogP contribution in [0.1, 0.15) is 15.9 Å². The molecule has 0 saturated heterocycles. The molecule has 0 aliphatic carbocycles. The Kier molecular flexibility index (Phi) is 2.95. The van der Waals surface area contributed by atoms with E-state index >= 15 is 0 Å². The van der Waals surface area contributed by atoms with Gasteiger partial charge in [0.1, 0.15) is 5.75 Å². The summed E-state index contributed by atoms with van der Waals surface area (Å²) in [4.78, 5) is 12.4. The summed E-state index contributed by atoms with van der Waals surface area (Å²) >= 11 is 0. The van der Waals surface area contributed by atoms with Gasteiger partial charge in [0.2, 0.25) is 0 Å². The van der Waals surface area contributed by atoms with Crippen molar-refractivity contribution in [3.05, 3.63) is 59.7 Å². The third kappa shape index (κ3) is 2.32. The first-order valence-electron chi connectivity index (χ1n) is 6.39. The van der Waals surface area contributed by atoms with Crippen LogP contribution in [0.25, 0.3) is 0 Å². The first-order valence-corrected chi connectivity index (χ1v) is 6.39. The van der Waals surface area contributed by atoms with E-state index in [0.717, 1.165) is 17.7 Å². The molecule has 1 aliphatic rings. The second-order valence-electron chi connectivity index (χ2n) is 4.86. The van der Waals surface area contributed by atoms with Gasteiger partial charge in [0.25, 0.3) is 0 Å². The zero-order chi connectivity index (χ0) is 13.2. The Bertz CT molecular complexity index is 607. The molecule has 96 valence electrons. The lowest BCUT2D eigenvalue weighted by atomic mass is 9.87. The number of phenolic OH excluding ortho intramolecular Hbond substituents is 1. The largest absolute Gasteiger partial charge is 0.508 e. The van der Waals surface area contributed by atoms with E-state index in [2.05, 4.69) is 5.32 Å². The molecule has 2 aromatic rings. The van der Waals surface area contributed by atoms with E-state index in [1.807, 2.05) is 30.3 Å². The third-order valence-corrected chi connectivity index (χ3v) is 3.50. The quantitative estimate of drug-likeness (QED) is 0.809. The molecule has 0 saturated carbocycles. The first kappa shape index (κ1) is 11.8. The van der Waals surface area contributed by atoms with Crippen molar-refractivity contribution in [3.63, 3.8) is 0 Å². The molecule has 1 atom stereocenters. The van der Waals surface area contributed by atoms with E-state index in [0.29, 0.717) is 12.1 Å². The van der Waals surface area contributed by atoms with Crippen molar-refractivity contribution >= 4 is 11.5 Å². The third-order valence-electron chi connectivity index (χ3n) is 3.50. The molecule has 1 aliphatic heterocycles. The van der Waals surface area contributed by atoms with Crippen LogP contribution in [0.3, 0.4) is 0 Å². The maximum Gasteiger partial charge on any atom is 0.170 e. The number of hydrogen-bond donors (Lipinski definition) is 2. The highest BCUT2D eigenvalue weighted by Gasteiger charge is 2.27. The Hall–Kier alpha value is -2.29. The summed E-state index contributed by atoms with van der Waals surface area (Å²) in [6.07, 6.45) is 0.724. The summed E-state index contributed by atoms with van der Waals surface area (Å²) in [5.41, 5.74) is 2.56. The second-order valence-corrected chi connectivity index (χ2v) is 4.86. The fraction of sp³-hybridized carbons (Fsp3) is 0.188. The van der Waals surface area contributed by atoms with Crippen molar-refractivity contribution in [3.8, 4) is 5.75 Å². The number of nitrogens with one attached hydrogen (secondary N) is 1. The lowest BCUT2D eigenvalue weighted by molar-refractivity contribution is 0.0921. The smallest absolute Gasteiger partial charge is 0.170 e. The molecule has 0 bridgehead atoms. The van der Waals surface area contributed by atoms with E-state index in [1.54, 1.807) is 18.2 Å². The van der Waals surface area contributed by atoms with Crippen LogP contribution in [-0.2, 0) is 6.42 Å². The Labute approximate surface area is 111 Å². The molecule has 0 aromatic heterocycles. The second kappa shape index (κ2) is 4.76. The highest BCUT2D eigenvalue weighted by molar-refractivity contribution is 6.05. The van der Waals surface area contributed by atoms with E-state index in [9.17, 15) is 9.90 Å². The van der Waals surface area contributed by atoms with Gasteiger partial charge in [0.15, 0.2) is 5.78 Å². The van der Waals surface area contributed by atoms with Crippen LogP contribution in [0.2, 0.25) is 0 Å². The maximum atomic E-state index is 12.4. The molecule has 19 heavy (non-hydrogen) atoms. The van der Waals surface area contributed by atoms with Crippen LogP contribution in [-0.4, -0.2) is 17.4 Å². The zero-order valence-electron chi connectivity index (χ0n) is 10.5. The molecule has 1 unspecified atom stereocenters. The number of hydrogen-bond acceptors (Lipinski definition) is 3. The van der Waals surface area contributed by atoms with Gasteiger partial charge in [0.05, 0.1) is 0 Å². The molecule has 0 radical (unpaired) electrons. The minimum absolute atomic E-state index is 0.0725. The van der Waals surface area contributed by atoms with Gasteiger partial charge < -0.3 is 10.4 Å². The van der Waals surface area contributed by atoms with Gasteiger partial charge in [-0.2, -0.15) is 0 Å². The molecule has 2 N–H and O–H groups in total. The standard InChI is InChI=1S/C16H15NO2/c18-13-6-7-15-14(9-13)16(19)12(10-17-15)8-11-4-2-1-3-5-11/h1-7,9,12,17-18H,8,10H2. The lowest BCUT2D eigenvalue weighted by Crippen LogP contribution is -2.31. The van der Waals surface area contributed by atoms with E-state index in [-0.39, 0.29) is 17.5 Å². The highest BCUT2D eigenvalue weighted by Crippen LogP contribution is 2.29.